The van der Waals surface area contributed by atoms with Crippen LogP contribution in [-0.4, -0.2) is 17.8 Å². The van der Waals surface area contributed by atoms with E-state index in [1.54, 1.807) is 0 Å². The highest BCUT2D eigenvalue weighted by atomic mass is 32.1. The third kappa shape index (κ3) is 10.1. The van der Waals surface area contributed by atoms with Crippen LogP contribution < -0.4 is 0 Å². The van der Waals surface area contributed by atoms with Crippen molar-refractivity contribution >= 4 is 18.6 Å². The van der Waals surface area contributed by atoms with E-state index in [9.17, 15) is 4.79 Å². The molecular formula is C12H24O2S. The molecule has 0 saturated carbocycles. The lowest BCUT2D eigenvalue weighted by Gasteiger charge is -2.11. The Bertz CT molecular complexity index is 160. The molecule has 0 aliphatic carbocycles. The smallest absolute Gasteiger partial charge is 0.306 e. The molecule has 2 nitrogen and oxygen atoms in total. The summed E-state index contributed by atoms with van der Waals surface area (Å²) in [6.07, 6.45) is 7.05. The van der Waals surface area contributed by atoms with Crippen LogP contribution in [0.25, 0.3) is 0 Å². The van der Waals surface area contributed by atoms with E-state index in [1.165, 1.54) is 6.42 Å². The topological polar surface area (TPSA) is 26.3 Å². The lowest BCUT2D eigenvalue weighted by molar-refractivity contribution is -0.148. The van der Waals surface area contributed by atoms with E-state index in [-0.39, 0.29) is 12.1 Å². The molecule has 0 aliphatic heterocycles. The monoisotopic (exact) mass is 232 g/mol. The van der Waals surface area contributed by atoms with Gasteiger partial charge in [-0.25, -0.2) is 0 Å². The van der Waals surface area contributed by atoms with Gasteiger partial charge in [-0.05, 0) is 31.9 Å². The van der Waals surface area contributed by atoms with Crippen molar-refractivity contribution < 1.29 is 9.53 Å². The van der Waals surface area contributed by atoms with Crippen molar-refractivity contribution in [3.8, 4) is 0 Å². The predicted molar refractivity (Wildman–Crippen MR) is 67.4 cm³/mol. The summed E-state index contributed by atoms with van der Waals surface area (Å²) >= 11 is 4.14. The molecule has 0 saturated heterocycles. The van der Waals surface area contributed by atoms with Gasteiger partial charge in [0, 0.05) is 6.42 Å². The van der Waals surface area contributed by atoms with Crippen LogP contribution in [0, 0.1) is 0 Å². The number of ether oxygens (including phenoxy) is 1. The van der Waals surface area contributed by atoms with Crippen LogP contribution in [0.15, 0.2) is 0 Å². The Morgan fingerprint density at radius 2 is 1.93 bits per heavy atom. The number of esters is 1. The fourth-order valence-electron chi connectivity index (χ4n) is 1.48. The Hall–Kier alpha value is -0.180. The van der Waals surface area contributed by atoms with Gasteiger partial charge in [-0.15, -0.1) is 0 Å². The van der Waals surface area contributed by atoms with Crippen molar-refractivity contribution in [2.45, 2.75) is 64.9 Å². The largest absolute Gasteiger partial charge is 0.463 e. The van der Waals surface area contributed by atoms with Gasteiger partial charge in [-0.3, -0.25) is 4.79 Å². The first-order chi connectivity index (χ1) is 7.20. The molecule has 0 amide bonds. The Morgan fingerprint density at radius 1 is 1.27 bits per heavy atom. The zero-order valence-electron chi connectivity index (χ0n) is 10.00. The lowest BCUT2D eigenvalue weighted by Crippen LogP contribution is -2.14. The molecule has 1 atom stereocenters. The molecule has 0 aliphatic rings. The Morgan fingerprint density at radius 3 is 2.53 bits per heavy atom. The Kier molecular flexibility index (Phi) is 10.2. The number of rotatable bonds is 9. The molecule has 3 heteroatoms. The summed E-state index contributed by atoms with van der Waals surface area (Å²) in [6, 6.07) is 0. The zero-order valence-corrected chi connectivity index (χ0v) is 10.9. The molecule has 0 radical (unpaired) electrons. The van der Waals surface area contributed by atoms with Gasteiger partial charge in [0.25, 0.3) is 0 Å². The van der Waals surface area contributed by atoms with Gasteiger partial charge in [0.1, 0.15) is 0 Å². The molecule has 0 N–H and O–H groups in total. The summed E-state index contributed by atoms with van der Waals surface area (Å²) in [4.78, 5) is 11.3. The summed E-state index contributed by atoms with van der Waals surface area (Å²) in [7, 11) is 0. The number of carbonyl (C=O) groups is 1. The highest BCUT2D eigenvalue weighted by Gasteiger charge is 2.07. The third-order valence-electron chi connectivity index (χ3n) is 2.32. The van der Waals surface area contributed by atoms with Crippen LogP contribution in [0.5, 0.6) is 0 Å². The van der Waals surface area contributed by atoms with Crippen LogP contribution in [0.1, 0.15) is 58.8 Å². The van der Waals surface area contributed by atoms with E-state index >= 15 is 0 Å². The SMILES string of the molecule is CCCC(C)OC(=O)CCCCCCS. The molecule has 0 fully saturated rings. The van der Waals surface area contributed by atoms with E-state index < -0.39 is 0 Å². The van der Waals surface area contributed by atoms with Crippen LogP contribution in [0.3, 0.4) is 0 Å². The molecule has 1 unspecified atom stereocenters. The van der Waals surface area contributed by atoms with Crippen molar-refractivity contribution in [1.29, 1.82) is 0 Å². The van der Waals surface area contributed by atoms with Gasteiger partial charge >= 0.3 is 5.97 Å². The highest BCUT2D eigenvalue weighted by molar-refractivity contribution is 7.80. The minimum Gasteiger partial charge on any atom is -0.463 e. The minimum absolute atomic E-state index is 0.0400. The van der Waals surface area contributed by atoms with Crippen LogP contribution >= 0.6 is 12.6 Å². The van der Waals surface area contributed by atoms with Crippen molar-refractivity contribution in [2.75, 3.05) is 5.75 Å². The second-order valence-corrected chi connectivity index (χ2v) is 4.42. The molecule has 0 aromatic rings. The average Bonchev–Trinajstić information content (AvgIpc) is 2.17. The standard InChI is InChI=1S/C12H24O2S/c1-3-8-11(2)14-12(13)9-6-4-5-7-10-15/h11,15H,3-10H2,1-2H3. The van der Waals surface area contributed by atoms with Gasteiger partial charge in [0.15, 0.2) is 0 Å². The number of carbonyl (C=O) groups excluding carboxylic acids is 1. The Labute approximate surface area is 99.2 Å². The third-order valence-corrected chi connectivity index (χ3v) is 2.63. The summed E-state index contributed by atoms with van der Waals surface area (Å²) in [5.74, 6) is 0.902. The number of hydrogen-bond acceptors (Lipinski definition) is 3. The minimum atomic E-state index is -0.0400. The molecule has 0 aromatic heterocycles. The van der Waals surface area contributed by atoms with Gasteiger partial charge in [0.05, 0.1) is 6.10 Å². The van der Waals surface area contributed by atoms with Crippen LogP contribution in [-0.2, 0) is 9.53 Å². The number of thiol groups is 1. The molecule has 0 spiro atoms. The maximum Gasteiger partial charge on any atom is 0.306 e. The zero-order chi connectivity index (χ0) is 11.5. The molecule has 15 heavy (non-hydrogen) atoms. The summed E-state index contributed by atoms with van der Waals surface area (Å²) in [6.45, 7) is 4.06. The van der Waals surface area contributed by atoms with E-state index in [1.807, 2.05) is 6.92 Å². The fourth-order valence-corrected chi connectivity index (χ4v) is 1.71. The average molecular weight is 232 g/mol. The van der Waals surface area contributed by atoms with E-state index in [0.29, 0.717) is 6.42 Å². The van der Waals surface area contributed by atoms with Crippen molar-refractivity contribution in [3.63, 3.8) is 0 Å². The van der Waals surface area contributed by atoms with Crippen molar-refractivity contribution in [2.24, 2.45) is 0 Å². The van der Waals surface area contributed by atoms with Crippen molar-refractivity contribution in [3.05, 3.63) is 0 Å². The van der Waals surface area contributed by atoms with Crippen LogP contribution in [0.4, 0.5) is 0 Å². The first kappa shape index (κ1) is 14.8. The van der Waals surface area contributed by atoms with Gasteiger partial charge in [0.2, 0.25) is 0 Å². The first-order valence-electron chi connectivity index (χ1n) is 6.01. The second kappa shape index (κ2) is 10.3. The number of unbranched alkanes of at least 4 members (excludes halogenated alkanes) is 3. The van der Waals surface area contributed by atoms with E-state index in [2.05, 4.69) is 19.6 Å². The number of hydrogen-bond donors (Lipinski definition) is 1. The summed E-state index contributed by atoms with van der Waals surface area (Å²) in [5.41, 5.74) is 0. The van der Waals surface area contributed by atoms with Crippen LogP contribution in [0.2, 0.25) is 0 Å². The molecule has 0 bridgehead atoms. The normalized spacial score (nSPS) is 12.5. The molecular weight excluding hydrogens is 208 g/mol. The first-order valence-corrected chi connectivity index (χ1v) is 6.64. The van der Waals surface area contributed by atoms with Gasteiger partial charge in [-0.1, -0.05) is 26.2 Å². The molecule has 0 rings (SSSR count). The summed E-state index contributed by atoms with van der Waals surface area (Å²) in [5, 5.41) is 0. The maximum absolute atomic E-state index is 11.3. The quantitative estimate of drug-likeness (QED) is 0.373. The van der Waals surface area contributed by atoms with Gasteiger partial charge in [-0.2, -0.15) is 12.6 Å². The second-order valence-electron chi connectivity index (χ2n) is 3.98. The predicted octanol–water partition coefficient (Wildman–Crippen LogP) is 3.60. The fraction of sp³-hybridized carbons (Fsp3) is 0.917. The lowest BCUT2D eigenvalue weighted by atomic mass is 10.1. The van der Waals surface area contributed by atoms with E-state index in [0.717, 1.165) is 37.9 Å². The Balaban J connectivity index is 3.32. The van der Waals surface area contributed by atoms with Gasteiger partial charge < -0.3 is 4.74 Å². The summed E-state index contributed by atoms with van der Waals surface area (Å²) < 4.78 is 5.24. The van der Waals surface area contributed by atoms with Crippen molar-refractivity contribution in [1.82, 2.24) is 0 Å². The maximum atomic E-state index is 11.3. The molecule has 0 heterocycles. The molecule has 0 aromatic carbocycles. The van der Waals surface area contributed by atoms with E-state index in [4.69, 9.17) is 4.74 Å². The highest BCUT2D eigenvalue weighted by Crippen LogP contribution is 2.07. The molecule has 90 valence electrons.